The Hall–Kier alpha value is -1.61. The van der Waals surface area contributed by atoms with Crippen molar-refractivity contribution in [1.29, 1.82) is 0 Å². The molecule has 0 amide bonds. The van der Waals surface area contributed by atoms with Crippen molar-refractivity contribution >= 4 is 29.9 Å². The molecule has 0 aliphatic rings. The molecule has 1 aromatic carbocycles. The van der Waals surface area contributed by atoms with Crippen molar-refractivity contribution in [2.75, 3.05) is 26.8 Å². The van der Waals surface area contributed by atoms with Gasteiger partial charge in [-0.25, -0.2) is 0 Å². The van der Waals surface area contributed by atoms with Crippen molar-refractivity contribution in [2.45, 2.75) is 46.1 Å². The highest BCUT2D eigenvalue weighted by atomic mass is 127. The van der Waals surface area contributed by atoms with E-state index in [1.165, 1.54) is 16.8 Å². The van der Waals surface area contributed by atoms with Crippen molar-refractivity contribution in [1.82, 2.24) is 20.4 Å². The van der Waals surface area contributed by atoms with E-state index in [4.69, 9.17) is 4.74 Å². The Bertz CT molecular complexity index is 745. The number of rotatable bonds is 10. The van der Waals surface area contributed by atoms with E-state index in [-0.39, 0.29) is 30.0 Å². The van der Waals surface area contributed by atoms with Gasteiger partial charge in [-0.05, 0) is 51.2 Å². The molecule has 2 rings (SSSR count). The Morgan fingerprint density at radius 2 is 1.93 bits per heavy atom. The van der Waals surface area contributed by atoms with Gasteiger partial charge in [-0.15, -0.1) is 24.0 Å². The molecule has 0 aliphatic carbocycles. The summed E-state index contributed by atoms with van der Waals surface area (Å²) in [7, 11) is 3.80. The summed E-state index contributed by atoms with van der Waals surface area (Å²) in [6, 6.07) is 10.7. The van der Waals surface area contributed by atoms with Crippen LogP contribution in [0.3, 0.4) is 0 Å². The lowest BCUT2D eigenvalue weighted by Crippen LogP contribution is -2.43. The average Bonchev–Trinajstić information content (AvgIpc) is 2.93. The molecule has 6 nitrogen and oxygen atoms in total. The number of nitrogens with one attached hydrogen (secondary N) is 2. The summed E-state index contributed by atoms with van der Waals surface area (Å²) in [5.74, 6) is 0.830. The number of nitrogens with zero attached hydrogens (tertiary/aromatic N) is 3. The second-order valence-corrected chi connectivity index (χ2v) is 7.22. The van der Waals surface area contributed by atoms with Crippen LogP contribution in [0.5, 0.6) is 0 Å². The molecule has 0 saturated carbocycles. The zero-order valence-corrected chi connectivity index (χ0v) is 20.7. The molecular formula is C22H36IN5O. The number of ether oxygens (including phenoxy) is 1. The number of halogens is 1. The van der Waals surface area contributed by atoms with E-state index < -0.39 is 0 Å². The third kappa shape index (κ3) is 8.74. The van der Waals surface area contributed by atoms with Gasteiger partial charge >= 0.3 is 0 Å². The number of benzene rings is 1. The van der Waals surface area contributed by atoms with Gasteiger partial charge in [0.15, 0.2) is 5.96 Å². The predicted molar refractivity (Wildman–Crippen MR) is 131 cm³/mol. The van der Waals surface area contributed by atoms with E-state index in [0.717, 1.165) is 50.7 Å². The molecule has 0 radical (unpaired) electrons. The van der Waals surface area contributed by atoms with E-state index in [2.05, 4.69) is 65.8 Å². The molecule has 162 valence electrons. The van der Waals surface area contributed by atoms with Crippen LogP contribution in [0.2, 0.25) is 0 Å². The van der Waals surface area contributed by atoms with Crippen LogP contribution in [0.4, 0.5) is 0 Å². The molecule has 0 aliphatic heterocycles. The topological polar surface area (TPSA) is 63.5 Å². The van der Waals surface area contributed by atoms with E-state index >= 15 is 0 Å². The Kier molecular flexibility index (Phi) is 11.9. The van der Waals surface area contributed by atoms with Crippen LogP contribution in [0.15, 0.2) is 35.3 Å². The Labute approximate surface area is 192 Å². The summed E-state index contributed by atoms with van der Waals surface area (Å²) in [5.41, 5.74) is 4.95. The van der Waals surface area contributed by atoms with Crippen LogP contribution in [-0.2, 0) is 24.6 Å². The van der Waals surface area contributed by atoms with Crippen molar-refractivity contribution in [3.63, 3.8) is 0 Å². The Morgan fingerprint density at radius 3 is 2.55 bits per heavy atom. The molecule has 1 heterocycles. The Morgan fingerprint density at radius 1 is 1.21 bits per heavy atom. The van der Waals surface area contributed by atoms with E-state index in [1.807, 2.05) is 17.8 Å². The first-order valence-electron chi connectivity index (χ1n) is 10.1. The molecular weight excluding hydrogens is 477 g/mol. The van der Waals surface area contributed by atoms with Gasteiger partial charge in [0, 0.05) is 39.0 Å². The van der Waals surface area contributed by atoms with E-state index in [0.29, 0.717) is 0 Å². The van der Waals surface area contributed by atoms with Gasteiger partial charge in [-0.2, -0.15) is 5.10 Å². The van der Waals surface area contributed by atoms with Gasteiger partial charge in [0.05, 0.1) is 12.3 Å². The smallest absolute Gasteiger partial charge is 0.191 e. The SMILES string of the molecule is CN=C(NCCCOCCc1ccccc1)NC(C)Cc1c(C)nn(C)c1C.I. The highest BCUT2D eigenvalue weighted by Crippen LogP contribution is 2.14. The van der Waals surface area contributed by atoms with Crippen molar-refractivity contribution in [3.05, 3.63) is 52.8 Å². The summed E-state index contributed by atoms with van der Waals surface area (Å²) in [6.07, 6.45) is 2.83. The molecule has 2 aromatic rings. The molecule has 0 fully saturated rings. The van der Waals surface area contributed by atoms with Gasteiger partial charge in [0.2, 0.25) is 0 Å². The van der Waals surface area contributed by atoms with E-state index in [9.17, 15) is 0 Å². The minimum atomic E-state index is 0. The number of guanidine groups is 1. The highest BCUT2D eigenvalue weighted by Gasteiger charge is 2.13. The molecule has 0 saturated heterocycles. The second kappa shape index (κ2) is 13.6. The van der Waals surface area contributed by atoms with Crippen LogP contribution >= 0.6 is 24.0 Å². The van der Waals surface area contributed by atoms with Crippen LogP contribution in [0, 0.1) is 13.8 Å². The molecule has 0 bridgehead atoms. The number of aryl methyl sites for hydroxylation is 2. The number of aromatic nitrogens is 2. The fourth-order valence-corrected chi connectivity index (χ4v) is 3.22. The van der Waals surface area contributed by atoms with Crippen molar-refractivity contribution < 1.29 is 4.74 Å². The molecule has 0 spiro atoms. The standard InChI is InChI=1S/C22H35N5O.HI/c1-17(16-21-18(2)26-27(5)19(21)3)25-22(23-4)24-13-9-14-28-15-12-20-10-7-6-8-11-20;/h6-8,10-11,17H,9,12-16H2,1-5H3,(H2,23,24,25);1H. The largest absolute Gasteiger partial charge is 0.381 e. The number of hydrogen-bond donors (Lipinski definition) is 2. The third-order valence-corrected chi connectivity index (χ3v) is 4.91. The monoisotopic (exact) mass is 513 g/mol. The summed E-state index contributed by atoms with van der Waals surface area (Å²) >= 11 is 0. The van der Waals surface area contributed by atoms with Gasteiger partial charge in [-0.3, -0.25) is 9.67 Å². The predicted octanol–water partition coefficient (Wildman–Crippen LogP) is 3.40. The minimum absolute atomic E-state index is 0. The lowest BCUT2D eigenvalue weighted by Gasteiger charge is -2.18. The van der Waals surface area contributed by atoms with Crippen molar-refractivity contribution in [3.8, 4) is 0 Å². The maximum atomic E-state index is 5.73. The molecule has 1 aromatic heterocycles. The summed E-state index contributed by atoms with van der Waals surface area (Å²) in [6.45, 7) is 8.71. The number of aliphatic imine (C=N–C) groups is 1. The van der Waals surface area contributed by atoms with Gasteiger partial charge in [0.1, 0.15) is 0 Å². The molecule has 2 N–H and O–H groups in total. The van der Waals surface area contributed by atoms with Crippen molar-refractivity contribution in [2.24, 2.45) is 12.0 Å². The normalized spacial score (nSPS) is 12.4. The van der Waals surface area contributed by atoms with Gasteiger partial charge < -0.3 is 15.4 Å². The zero-order chi connectivity index (χ0) is 20.4. The summed E-state index contributed by atoms with van der Waals surface area (Å²) in [4.78, 5) is 4.33. The fourth-order valence-electron chi connectivity index (χ4n) is 3.22. The Balaban J connectivity index is 0.00000420. The quantitative estimate of drug-likeness (QED) is 0.221. The first-order chi connectivity index (χ1) is 13.5. The van der Waals surface area contributed by atoms with Gasteiger partial charge in [-0.1, -0.05) is 30.3 Å². The van der Waals surface area contributed by atoms with Crippen LogP contribution in [0.25, 0.3) is 0 Å². The number of hydrogen-bond acceptors (Lipinski definition) is 3. The molecule has 29 heavy (non-hydrogen) atoms. The highest BCUT2D eigenvalue weighted by molar-refractivity contribution is 14.0. The lowest BCUT2D eigenvalue weighted by molar-refractivity contribution is 0.135. The molecule has 7 heteroatoms. The van der Waals surface area contributed by atoms with Crippen LogP contribution in [0.1, 0.15) is 35.9 Å². The fraction of sp³-hybridized carbons (Fsp3) is 0.545. The second-order valence-electron chi connectivity index (χ2n) is 7.22. The molecule has 1 unspecified atom stereocenters. The maximum absolute atomic E-state index is 5.73. The molecule has 1 atom stereocenters. The summed E-state index contributed by atoms with van der Waals surface area (Å²) in [5, 5.41) is 11.3. The lowest BCUT2D eigenvalue weighted by atomic mass is 10.1. The average molecular weight is 513 g/mol. The zero-order valence-electron chi connectivity index (χ0n) is 18.4. The van der Waals surface area contributed by atoms with Crippen LogP contribution < -0.4 is 10.6 Å². The first-order valence-corrected chi connectivity index (χ1v) is 10.1. The maximum Gasteiger partial charge on any atom is 0.191 e. The van der Waals surface area contributed by atoms with Gasteiger partial charge in [0.25, 0.3) is 0 Å². The van der Waals surface area contributed by atoms with Crippen LogP contribution in [-0.4, -0.2) is 48.6 Å². The van der Waals surface area contributed by atoms with E-state index in [1.54, 1.807) is 7.05 Å². The first kappa shape index (κ1) is 25.4. The minimum Gasteiger partial charge on any atom is -0.381 e. The third-order valence-electron chi connectivity index (χ3n) is 4.91. The summed E-state index contributed by atoms with van der Waals surface area (Å²) < 4.78 is 7.68.